The number of carbonyl (C=O) groups excluding carboxylic acids is 1. The maximum Gasteiger partial charge on any atom is 0.253 e. The molecule has 1 heterocycles. The first-order valence-corrected chi connectivity index (χ1v) is 7.45. The zero-order chi connectivity index (χ0) is 12.3. The number of pyridine rings is 1. The summed E-state index contributed by atoms with van der Waals surface area (Å²) in [6, 6.07) is 2.28. The maximum atomic E-state index is 12.1. The summed E-state index contributed by atoms with van der Waals surface area (Å²) in [6.07, 6.45) is 7.52. The summed E-state index contributed by atoms with van der Waals surface area (Å²) in [6.45, 7) is 0. The summed E-state index contributed by atoms with van der Waals surface area (Å²) in [5.41, 5.74) is 0.654. The number of hydrogen-bond donors (Lipinski definition) is 1. The summed E-state index contributed by atoms with van der Waals surface area (Å²) in [7, 11) is 0. The smallest absolute Gasteiger partial charge is 0.253 e. The molecule has 0 aromatic carbocycles. The Balaban J connectivity index is 1.46. The van der Waals surface area contributed by atoms with Crippen molar-refractivity contribution in [3.05, 3.63) is 28.5 Å². The Hall–Kier alpha value is -0.900. The van der Waals surface area contributed by atoms with E-state index in [1.54, 1.807) is 12.4 Å². The fourth-order valence-corrected chi connectivity index (χ4v) is 4.65. The van der Waals surface area contributed by atoms with Crippen molar-refractivity contribution in [2.75, 3.05) is 0 Å². The van der Waals surface area contributed by atoms with Crippen LogP contribution in [-0.2, 0) is 0 Å². The Morgan fingerprint density at radius 1 is 1.28 bits per heavy atom. The van der Waals surface area contributed by atoms with Crippen molar-refractivity contribution < 1.29 is 4.79 Å². The van der Waals surface area contributed by atoms with Crippen LogP contribution in [0.2, 0.25) is 0 Å². The molecule has 0 saturated heterocycles. The lowest BCUT2D eigenvalue weighted by atomic mass is 10.0. The number of halogens is 1. The van der Waals surface area contributed by atoms with Gasteiger partial charge in [-0.2, -0.15) is 0 Å². The highest BCUT2D eigenvalue weighted by atomic mass is 79.9. The lowest BCUT2D eigenvalue weighted by Crippen LogP contribution is -2.30. The summed E-state index contributed by atoms with van der Waals surface area (Å²) >= 11 is 3.35. The number of amides is 1. The van der Waals surface area contributed by atoms with Crippen LogP contribution in [0.5, 0.6) is 0 Å². The number of hydrogen-bond acceptors (Lipinski definition) is 2. The molecule has 3 saturated carbocycles. The van der Waals surface area contributed by atoms with Gasteiger partial charge in [-0.15, -0.1) is 0 Å². The molecule has 3 fully saturated rings. The number of rotatable bonds is 2. The molecule has 1 aromatic heterocycles. The first kappa shape index (κ1) is 11.0. The Bertz CT molecular complexity index is 502. The van der Waals surface area contributed by atoms with Gasteiger partial charge in [0.05, 0.1) is 5.56 Å². The molecule has 0 aliphatic heterocycles. The fraction of sp³-hybridized carbons (Fsp3) is 0.571. The molecular formula is C14H15BrN2O. The van der Waals surface area contributed by atoms with Crippen LogP contribution in [-0.4, -0.2) is 16.9 Å². The van der Waals surface area contributed by atoms with Crippen LogP contribution in [0, 0.1) is 23.7 Å². The predicted molar refractivity (Wildman–Crippen MR) is 71.0 cm³/mol. The molecule has 1 amide bonds. The van der Waals surface area contributed by atoms with Gasteiger partial charge >= 0.3 is 0 Å². The molecule has 3 nitrogen and oxygen atoms in total. The molecule has 0 radical (unpaired) electrons. The van der Waals surface area contributed by atoms with Crippen LogP contribution in [0.25, 0.3) is 0 Å². The molecule has 4 atom stereocenters. The summed E-state index contributed by atoms with van der Waals surface area (Å²) < 4.78 is 0.853. The van der Waals surface area contributed by atoms with Crippen molar-refractivity contribution in [3.63, 3.8) is 0 Å². The molecule has 2 bridgehead atoms. The van der Waals surface area contributed by atoms with Crippen LogP contribution in [0.1, 0.15) is 29.6 Å². The Labute approximate surface area is 114 Å². The van der Waals surface area contributed by atoms with Gasteiger partial charge in [0.15, 0.2) is 0 Å². The second kappa shape index (κ2) is 3.80. The second-order valence-electron chi connectivity index (χ2n) is 5.88. The normalized spacial score (nSPS) is 39.5. The Morgan fingerprint density at radius 2 is 2.00 bits per heavy atom. The van der Waals surface area contributed by atoms with E-state index >= 15 is 0 Å². The van der Waals surface area contributed by atoms with E-state index in [1.165, 1.54) is 19.3 Å². The van der Waals surface area contributed by atoms with Crippen molar-refractivity contribution in [1.82, 2.24) is 10.3 Å². The topological polar surface area (TPSA) is 42.0 Å². The summed E-state index contributed by atoms with van der Waals surface area (Å²) in [5, 5.41) is 3.20. The lowest BCUT2D eigenvalue weighted by molar-refractivity contribution is 0.0944. The van der Waals surface area contributed by atoms with Gasteiger partial charge in [-0.3, -0.25) is 9.78 Å². The number of carbonyl (C=O) groups is 1. The van der Waals surface area contributed by atoms with E-state index in [4.69, 9.17) is 0 Å². The molecule has 0 spiro atoms. The van der Waals surface area contributed by atoms with E-state index in [9.17, 15) is 4.79 Å². The SMILES string of the molecule is O=C(NC1C2C3CCC(C3)C12)c1cncc(Br)c1. The van der Waals surface area contributed by atoms with Gasteiger partial charge in [-0.1, -0.05) is 0 Å². The zero-order valence-corrected chi connectivity index (χ0v) is 11.6. The molecule has 3 aliphatic rings. The van der Waals surface area contributed by atoms with Crippen LogP contribution in [0.3, 0.4) is 0 Å². The zero-order valence-electron chi connectivity index (χ0n) is 9.97. The largest absolute Gasteiger partial charge is 0.349 e. The van der Waals surface area contributed by atoms with Gasteiger partial charge in [0.2, 0.25) is 0 Å². The third-order valence-electron chi connectivity index (χ3n) is 5.00. The van der Waals surface area contributed by atoms with Gasteiger partial charge in [0, 0.05) is 22.9 Å². The predicted octanol–water partition coefficient (Wildman–Crippen LogP) is 2.62. The maximum absolute atomic E-state index is 12.1. The monoisotopic (exact) mass is 306 g/mol. The standard InChI is InChI=1S/C14H15BrN2O/c15-10-4-9(5-16-6-10)14(18)17-13-11-7-1-2-8(3-7)12(11)13/h4-8,11-13H,1-3H2,(H,17,18). The highest BCUT2D eigenvalue weighted by Crippen LogP contribution is 2.65. The van der Waals surface area contributed by atoms with Gasteiger partial charge in [-0.25, -0.2) is 0 Å². The van der Waals surface area contributed by atoms with Crippen molar-refractivity contribution in [2.45, 2.75) is 25.3 Å². The summed E-state index contributed by atoms with van der Waals surface area (Å²) in [5.74, 6) is 3.39. The van der Waals surface area contributed by atoms with Crippen LogP contribution in [0.15, 0.2) is 22.9 Å². The van der Waals surface area contributed by atoms with Gasteiger partial charge in [0.1, 0.15) is 0 Å². The number of nitrogens with zero attached hydrogens (tertiary/aromatic N) is 1. The fourth-order valence-electron chi connectivity index (χ4n) is 4.29. The molecular weight excluding hydrogens is 292 g/mol. The van der Waals surface area contributed by atoms with Crippen molar-refractivity contribution >= 4 is 21.8 Å². The van der Waals surface area contributed by atoms with Gasteiger partial charge < -0.3 is 5.32 Å². The van der Waals surface area contributed by atoms with E-state index in [1.807, 2.05) is 6.07 Å². The number of fused-ring (bicyclic) bond motifs is 5. The average Bonchev–Trinajstić information content (AvgIpc) is 2.77. The third kappa shape index (κ3) is 1.54. The highest BCUT2D eigenvalue weighted by Gasteiger charge is 2.65. The van der Waals surface area contributed by atoms with Crippen LogP contribution in [0.4, 0.5) is 0 Å². The van der Waals surface area contributed by atoms with E-state index in [2.05, 4.69) is 26.2 Å². The molecule has 3 aliphatic carbocycles. The Morgan fingerprint density at radius 3 is 2.67 bits per heavy atom. The Kier molecular flexibility index (Phi) is 2.31. The van der Waals surface area contributed by atoms with Crippen LogP contribution < -0.4 is 5.32 Å². The van der Waals surface area contributed by atoms with E-state index < -0.39 is 0 Å². The van der Waals surface area contributed by atoms with Crippen LogP contribution >= 0.6 is 15.9 Å². The third-order valence-corrected chi connectivity index (χ3v) is 5.43. The van der Waals surface area contributed by atoms with Gasteiger partial charge in [0.25, 0.3) is 5.91 Å². The molecule has 4 rings (SSSR count). The highest BCUT2D eigenvalue weighted by molar-refractivity contribution is 9.10. The van der Waals surface area contributed by atoms with Crippen molar-refractivity contribution in [1.29, 1.82) is 0 Å². The molecule has 1 aromatic rings. The van der Waals surface area contributed by atoms with Crippen molar-refractivity contribution in [3.8, 4) is 0 Å². The molecule has 1 N–H and O–H groups in total. The first-order chi connectivity index (χ1) is 8.74. The summed E-state index contributed by atoms with van der Waals surface area (Å²) in [4.78, 5) is 16.2. The minimum Gasteiger partial charge on any atom is -0.349 e. The van der Waals surface area contributed by atoms with E-state index in [0.29, 0.717) is 11.6 Å². The minimum atomic E-state index is 0.0302. The second-order valence-corrected chi connectivity index (χ2v) is 6.79. The molecule has 18 heavy (non-hydrogen) atoms. The molecule has 4 heteroatoms. The van der Waals surface area contributed by atoms with Crippen molar-refractivity contribution in [2.24, 2.45) is 23.7 Å². The van der Waals surface area contributed by atoms with E-state index in [-0.39, 0.29) is 5.91 Å². The lowest BCUT2D eigenvalue weighted by Gasteiger charge is -2.10. The number of aromatic nitrogens is 1. The molecule has 4 unspecified atom stereocenters. The number of nitrogens with one attached hydrogen (secondary N) is 1. The minimum absolute atomic E-state index is 0.0302. The first-order valence-electron chi connectivity index (χ1n) is 6.65. The molecule has 94 valence electrons. The quantitative estimate of drug-likeness (QED) is 0.912. The average molecular weight is 307 g/mol. The van der Waals surface area contributed by atoms with Gasteiger partial charge in [-0.05, 0) is 64.9 Å². The van der Waals surface area contributed by atoms with E-state index in [0.717, 1.165) is 28.1 Å².